The summed E-state index contributed by atoms with van der Waals surface area (Å²) in [7, 11) is -3.90. The van der Waals surface area contributed by atoms with Gasteiger partial charge in [0.2, 0.25) is 10.0 Å². The molecule has 1 amide bonds. The molecular formula is C9H13N3O4S. The van der Waals surface area contributed by atoms with Crippen LogP contribution in [0.2, 0.25) is 0 Å². The molecule has 1 rings (SSSR count). The number of carbonyl (C=O) groups excluding carboxylic acids is 1. The van der Waals surface area contributed by atoms with Crippen molar-refractivity contribution in [2.24, 2.45) is 5.73 Å². The van der Waals surface area contributed by atoms with E-state index in [4.69, 9.17) is 10.8 Å². The molecule has 0 aliphatic rings. The van der Waals surface area contributed by atoms with Gasteiger partial charge in [0.1, 0.15) is 0 Å². The summed E-state index contributed by atoms with van der Waals surface area (Å²) in [4.78, 5) is 15.2. The normalized spacial score (nSPS) is 13.1. The molecule has 94 valence electrons. The second kappa shape index (κ2) is 5.71. The lowest BCUT2D eigenvalue weighted by atomic mass is 10.3. The maximum absolute atomic E-state index is 11.5. The minimum atomic E-state index is -3.90. The number of hydrogen-bond acceptors (Lipinski definition) is 6. The van der Waals surface area contributed by atoms with Gasteiger partial charge in [-0.15, -0.1) is 0 Å². The number of sulfonamides is 1. The van der Waals surface area contributed by atoms with E-state index in [0.29, 0.717) is 0 Å². The number of aliphatic hydroxyl groups is 1. The zero-order chi connectivity index (χ0) is 12.9. The molecule has 0 aliphatic heterocycles. The molecule has 1 heterocycles. The molecule has 0 saturated heterocycles. The van der Waals surface area contributed by atoms with Gasteiger partial charge >= 0.3 is 0 Å². The first kappa shape index (κ1) is 13.6. The van der Waals surface area contributed by atoms with Crippen molar-refractivity contribution in [3.63, 3.8) is 0 Å². The predicted molar refractivity (Wildman–Crippen MR) is 60.6 cm³/mol. The predicted octanol–water partition coefficient (Wildman–Crippen LogP) is -1.54. The molecule has 0 spiro atoms. The summed E-state index contributed by atoms with van der Waals surface area (Å²) in [5, 5.41) is 9.11. The van der Waals surface area contributed by atoms with Crippen LogP contribution >= 0.6 is 0 Å². The summed E-state index contributed by atoms with van der Waals surface area (Å²) >= 11 is 0. The Labute approximate surface area is 98.7 Å². The van der Waals surface area contributed by atoms with Crippen LogP contribution in [-0.4, -0.2) is 42.8 Å². The van der Waals surface area contributed by atoms with Gasteiger partial charge in [-0.25, -0.2) is 13.1 Å². The number of aliphatic hydroxyl groups excluding tert-OH is 1. The Balaban J connectivity index is 2.69. The second-order valence-corrected chi connectivity index (χ2v) is 5.11. The van der Waals surface area contributed by atoms with Crippen molar-refractivity contribution in [1.29, 1.82) is 0 Å². The Bertz CT molecular complexity index is 474. The topological polar surface area (TPSA) is 122 Å². The standard InChI is InChI=1S/C9H13N3O4S/c10-4-8(13)6-17(15,16)12-9(14)7-2-1-3-11-5-7/h1-3,5,8,13H,4,6,10H2,(H,12,14). The lowest BCUT2D eigenvalue weighted by Gasteiger charge is -2.09. The van der Waals surface area contributed by atoms with E-state index in [1.807, 2.05) is 4.72 Å². The van der Waals surface area contributed by atoms with Crippen molar-refractivity contribution in [2.75, 3.05) is 12.3 Å². The highest BCUT2D eigenvalue weighted by atomic mass is 32.2. The third-order valence-electron chi connectivity index (χ3n) is 1.86. The van der Waals surface area contributed by atoms with Gasteiger partial charge < -0.3 is 10.8 Å². The molecule has 8 heteroatoms. The molecule has 4 N–H and O–H groups in total. The number of amides is 1. The fraction of sp³-hybridized carbons (Fsp3) is 0.333. The van der Waals surface area contributed by atoms with E-state index < -0.39 is 27.8 Å². The van der Waals surface area contributed by atoms with Crippen molar-refractivity contribution >= 4 is 15.9 Å². The van der Waals surface area contributed by atoms with E-state index >= 15 is 0 Å². The molecule has 0 saturated carbocycles. The minimum absolute atomic E-state index is 0.123. The van der Waals surface area contributed by atoms with Crippen LogP contribution < -0.4 is 10.5 Å². The first-order chi connectivity index (χ1) is 7.94. The number of nitrogens with zero attached hydrogens (tertiary/aromatic N) is 1. The minimum Gasteiger partial charge on any atom is -0.391 e. The Kier molecular flexibility index (Phi) is 4.55. The van der Waals surface area contributed by atoms with Crippen LogP contribution in [0.15, 0.2) is 24.5 Å². The van der Waals surface area contributed by atoms with Gasteiger partial charge in [-0.05, 0) is 12.1 Å². The summed E-state index contributed by atoms with van der Waals surface area (Å²) in [6, 6.07) is 2.94. The Morgan fingerprint density at radius 2 is 2.29 bits per heavy atom. The number of carbonyl (C=O) groups is 1. The van der Waals surface area contributed by atoms with Gasteiger partial charge in [-0.1, -0.05) is 0 Å². The molecule has 1 unspecified atom stereocenters. The zero-order valence-electron chi connectivity index (χ0n) is 8.91. The van der Waals surface area contributed by atoms with E-state index in [1.54, 1.807) is 0 Å². The van der Waals surface area contributed by atoms with Crippen molar-refractivity contribution in [1.82, 2.24) is 9.71 Å². The quantitative estimate of drug-likeness (QED) is 0.589. The summed E-state index contributed by atoms with van der Waals surface area (Å²) in [5.41, 5.74) is 5.21. The van der Waals surface area contributed by atoms with Gasteiger partial charge in [-0.2, -0.15) is 0 Å². The van der Waals surface area contributed by atoms with Gasteiger partial charge in [0.15, 0.2) is 0 Å². The first-order valence-corrected chi connectivity index (χ1v) is 6.43. The van der Waals surface area contributed by atoms with Crippen LogP contribution in [0.3, 0.4) is 0 Å². The maximum Gasteiger partial charge on any atom is 0.266 e. The van der Waals surface area contributed by atoms with E-state index in [2.05, 4.69) is 4.98 Å². The SMILES string of the molecule is NCC(O)CS(=O)(=O)NC(=O)c1cccnc1. The summed E-state index contributed by atoms with van der Waals surface area (Å²) in [6.45, 7) is -0.192. The van der Waals surface area contributed by atoms with Crippen molar-refractivity contribution in [3.05, 3.63) is 30.1 Å². The summed E-state index contributed by atoms with van der Waals surface area (Å²) in [6.07, 6.45) is 1.50. The molecule has 0 fully saturated rings. The molecule has 1 atom stereocenters. The number of aromatic nitrogens is 1. The molecule has 0 aromatic carbocycles. The lowest BCUT2D eigenvalue weighted by Crippen LogP contribution is -2.38. The highest BCUT2D eigenvalue weighted by Gasteiger charge is 2.19. The Hall–Kier alpha value is -1.51. The van der Waals surface area contributed by atoms with Gasteiger partial charge in [-0.3, -0.25) is 9.78 Å². The van der Waals surface area contributed by atoms with Crippen LogP contribution in [0.1, 0.15) is 10.4 Å². The van der Waals surface area contributed by atoms with Gasteiger partial charge in [0.05, 0.1) is 17.4 Å². The fourth-order valence-corrected chi connectivity index (χ4v) is 2.19. The fourth-order valence-electron chi connectivity index (χ4n) is 1.06. The molecular weight excluding hydrogens is 246 g/mol. The maximum atomic E-state index is 11.5. The van der Waals surface area contributed by atoms with E-state index in [1.165, 1.54) is 24.5 Å². The van der Waals surface area contributed by atoms with Gasteiger partial charge in [0, 0.05) is 18.9 Å². The third-order valence-corrected chi connectivity index (χ3v) is 3.18. The highest BCUT2D eigenvalue weighted by Crippen LogP contribution is 1.98. The molecule has 17 heavy (non-hydrogen) atoms. The lowest BCUT2D eigenvalue weighted by molar-refractivity contribution is 0.0980. The smallest absolute Gasteiger partial charge is 0.266 e. The van der Waals surface area contributed by atoms with E-state index in [9.17, 15) is 13.2 Å². The molecule has 1 aromatic heterocycles. The van der Waals surface area contributed by atoms with E-state index in [-0.39, 0.29) is 12.1 Å². The number of pyridine rings is 1. The van der Waals surface area contributed by atoms with Gasteiger partial charge in [0.25, 0.3) is 5.91 Å². The van der Waals surface area contributed by atoms with Crippen molar-refractivity contribution < 1.29 is 18.3 Å². The average Bonchev–Trinajstić information content (AvgIpc) is 2.28. The highest BCUT2D eigenvalue weighted by molar-refractivity contribution is 7.90. The molecule has 0 radical (unpaired) electrons. The molecule has 1 aromatic rings. The van der Waals surface area contributed by atoms with Crippen LogP contribution in [-0.2, 0) is 10.0 Å². The van der Waals surface area contributed by atoms with Crippen LogP contribution in [0, 0.1) is 0 Å². The number of nitrogens with one attached hydrogen (secondary N) is 1. The number of rotatable bonds is 5. The number of nitrogens with two attached hydrogens (primary N) is 1. The third kappa shape index (κ3) is 4.47. The number of hydrogen-bond donors (Lipinski definition) is 3. The first-order valence-electron chi connectivity index (χ1n) is 4.77. The molecule has 0 aliphatic carbocycles. The summed E-state index contributed by atoms with van der Waals surface area (Å²) in [5.74, 6) is -1.41. The largest absolute Gasteiger partial charge is 0.391 e. The average molecular weight is 259 g/mol. The van der Waals surface area contributed by atoms with Crippen LogP contribution in [0.5, 0.6) is 0 Å². The zero-order valence-corrected chi connectivity index (χ0v) is 9.72. The molecule has 0 bridgehead atoms. The second-order valence-electron chi connectivity index (χ2n) is 3.34. The van der Waals surface area contributed by atoms with Crippen molar-refractivity contribution in [3.8, 4) is 0 Å². The Morgan fingerprint density at radius 1 is 1.59 bits per heavy atom. The van der Waals surface area contributed by atoms with Crippen molar-refractivity contribution in [2.45, 2.75) is 6.10 Å². The van der Waals surface area contributed by atoms with E-state index in [0.717, 1.165) is 0 Å². The molecule has 7 nitrogen and oxygen atoms in total. The monoisotopic (exact) mass is 259 g/mol. The Morgan fingerprint density at radius 3 is 2.82 bits per heavy atom. The summed E-state index contributed by atoms with van der Waals surface area (Å²) < 4.78 is 24.6. The van der Waals surface area contributed by atoms with Crippen LogP contribution in [0.4, 0.5) is 0 Å². The van der Waals surface area contributed by atoms with Crippen LogP contribution in [0.25, 0.3) is 0 Å².